The van der Waals surface area contributed by atoms with Crippen molar-refractivity contribution in [3.05, 3.63) is 48.5 Å². The van der Waals surface area contributed by atoms with Crippen LogP contribution >= 0.6 is 0 Å². The number of hydrogen-bond acceptors (Lipinski definition) is 2. The highest BCUT2D eigenvalue weighted by molar-refractivity contribution is 6.08. The monoisotopic (exact) mass is 279 g/mol. The molecule has 1 heterocycles. The summed E-state index contributed by atoms with van der Waals surface area (Å²) in [4.78, 5) is 11.9. The maximum Gasteiger partial charge on any atom is 0.311 e. The van der Waals surface area contributed by atoms with E-state index in [0.717, 1.165) is 6.42 Å². The van der Waals surface area contributed by atoms with Gasteiger partial charge in [-0.3, -0.25) is 4.79 Å². The van der Waals surface area contributed by atoms with Gasteiger partial charge in [0.2, 0.25) is 0 Å². The molecule has 0 bridgehead atoms. The van der Waals surface area contributed by atoms with Gasteiger partial charge in [0, 0.05) is 27.8 Å². The van der Waals surface area contributed by atoms with E-state index < -0.39 is 0 Å². The van der Waals surface area contributed by atoms with Crippen molar-refractivity contribution in [2.24, 2.45) is 5.92 Å². The quantitative estimate of drug-likeness (QED) is 0.680. The molecule has 0 N–H and O–H groups in total. The van der Waals surface area contributed by atoms with Crippen LogP contribution in [0.25, 0.3) is 21.8 Å². The summed E-state index contributed by atoms with van der Waals surface area (Å²) in [5, 5.41) is 2.50. The maximum absolute atomic E-state index is 11.9. The smallest absolute Gasteiger partial charge is 0.311 e. The molecule has 1 saturated carbocycles. The Bertz CT molecular complexity index is 780. The third-order valence-corrected chi connectivity index (χ3v) is 4.30. The molecule has 0 unspecified atom stereocenters. The molecule has 3 heteroatoms. The molecule has 0 spiro atoms. The molecule has 3 aromatic rings. The Morgan fingerprint density at radius 2 is 1.67 bits per heavy atom. The number of fused-ring (bicyclic) bond motifs is 3. The third kappa shape index (κ3) is 1.84. The molecule has 1 fully saturated rings. The lowest BCUT2D eigenvalue weighted by molar-refractivity contribution is -0.144. The van der Waals surface area contributed by atoms with E-state index in [-0.39, 0.29) is 17.9 Å². The topological polar surface area (TPSA) is 31.2 Å². The molecule has 106 valence electrons. The average molecular weight is 279 g/mol. The third-order valence-electron chi connectivity index (χ3n) is 4.30. The van der Waals surface area contributed by atoms with Gasteiger partial charge in [-0.25, -0.2) is 0 Å². The first-order valence-corrected chi connectivity index (χ1v) is 7.45. The fourth-order valence-corrected chi connectivity index (χ4v) is 3.28. The van der Waals surface area contributed by atoms with E-state index in [4.69, 9.17) is 4.74 Å². The normalized spacial score (nSPS) is 20.8. The Hall–Kier alpha value is -2.29. The summed E-state index contributed by atoms with van der Waals surface area (Å²) in [5.41, 5.74) is 2.41. The van der Waals surface area contributed by atoms with Crippen molar-refractivity contribution in [3.8, 4) is 0 Å². The Balaban J connectivity index is 1.86. The zero-order valence-electron chi connectivity index (χ0n) is 12.0. The van der Waals surface area contributed by atoms with Crippen LogP contribution in [0.2, 0.25) is 0 Å². The first-order valence-electron chi connectivity index (χ1n) is 7.45. The first-order chi connectivity index (χ1) is 10.3. The van der Waals surface area contributed by atoms with Crippen LogP contribution in [-0.4, -0.2) is 17.1 Å². The Labute approximate surface area is 123 Å². The predicted molar refractivity (Wildman–Crippen MR) is 83.2 cm³/mol. The summed E-state index contributed by atoms with van der Waals surface area (Å²) >= 11 is 0. The molecule has 0 saturated heterocycles. The van der Waals surface area contributed by atoms with Gasteiger partial charge in [0.05, 0.1) is 12.5 Å². The Morgan fingerprint density at radius 1 is 1.10 bits per heavy atom. The standard InChI is InChI=1S/C18H17NO2/c1-2-21-18(20)14-11-17(14)19-15-9-5-3-7-12(15)13-8-4-6-10-16(13)19/h3-10,14,17H,2,11H2,1H3/t14-,17-/m0/s1. The van der Waals surface area contributed by atoms with Crippen molar-refractivity contribution in [2.75, 3.05) is 6.61 Å². The Kier molecular flexibility index (Phi) is 2.74. The van der Waals surface area contributed by atoms with Crippen molar-refractivity contribution >= 4 is 27.8 Å². The van der Waals surface area contributed by atoms with Gasteiger partial charge in [-0.15, -0.1) is 0 Å². The van der Waals surface area contributed by atoms with Crippen molar-refractivity contribution in [3.63, 3.8) is 0 Å². The second-order valence-electron chi connectivity index (χ2n) is 5.57. The molecule has 1 aromatic heterocycles. The van der Waals surface area contributed by atoms with Gasteiger partial charge < -0.3 is 9.30 Å². The van der Waals surface area contributed by atoms with Crippen LogP contribution in [0.4, 0.5) is 0 Å². The summed E-state index contributed by atoms with van der Waals surface area (Å²) in [6.45, 7) is 2.31. The number of benzene rings is 2. The molecular formula is C18H17NO2. The predicted octanol–water partition coefficient (Wildman–Crippen LogP) is 3.92. The summed E-state index contributed by atoms with van der Waals surface area (Å²) in [6, 6.07) is 17.0. The van der Waals surface area contributed by atoms with Crippen LogP contribution in [0.3, 0.4) is 0 Å². The van der Waals surface area contributed by atoms with Gasteiger partial charge in [0.1, 0.15) is 0 Å². The first kappa shape index (κ1) is 12.5. The van der Waals surface area contributed by atoms with Gasteiger partial charge in [0.15, 0.2) is 0 Å². The summed E-state index contributed by atoms with van der Waals surface area (Å²) in [6.07, 6.45) is 0.876. The molecular weight excluding hydrogens is 262 g/mol. The van der Waals surface area contributed by atoms with E-state index >= 15 is 0 Å². The summed E-state index contributed by atoms with van der Waals surface area (Å²) in [7, 11) is 0. The zero-order chi connectivity index (χ0) is 14.4. The lowest BCUT2D eigenvalue weighted by Crippen LogP contribution is -2.09. The number of carbonyl (C=O) groups excluding carboxylic acids is 1. The fraction of sp³-hybridized carbons (Fsp3) is 0.278. The highest BCUT2D eigenvalue weighted by atomic mass is 16.5. The van der Waals surface area contributed by atoms with E-state index in [9.17, 15) is 4.79 Å². The molecule has 0 radical (unpaired) electrons. The fourth-order valence-electron chi connectivity index (χ4n) is 3.28. The van der Waals surface area contributed by atoms with Crippen LogP contribution in [0.1, 0.15) is 19.4 Å². The van der Waals surface area contributed by atoms with Crippen molar-refractivity contribution in [1.29, 1.82) is 0 Å². The number of hydrogen-bond donors (Lipinski definition) is 0. The van der Waals surface area contributed by atoms with Gasteiger partial charge >= 0.3 is 5.97 Å². The highest BCUT2D eigenvalue weighted by Crippen LogP contribution is 2.48. The number of aromatic nitrogens is 1. The molecule has 1 aliphatic carbocycles. The number of rotatable bonds is 3. The molecule has 0 aliphatic heterocycles. The van der Waals surface area contributed by atoms with E-state index in [0.29, 0.717) is 6.61 Å². The minimum Gasteiger partial charge on any atom is -0.466 e. The van der Waals surface area contributed by atoms with Gasteiger partial charge in [-0.1, -0.05) is 36.4 Å². The number of ether oxygens (including phenoxy) is 1. The summed E-state index contributed by atoms with van der Waals surface area (Å²) in [5.74, 6) is -0.0616. The van der Waals surface area contributed by atoms with Crippen molar-refractivity contribution < 1.29 is 9.53 Å². The largest absolute Gasteiger partial charge is 0.466 e. The average Bonchev–Trinajstić information content (AvgIpc) is 3.23. The van der Waals surface area contributed by atoms with E-state index in [1.54, 1.807) is 0 Å². The number of nitrogens with zero attached hydrogens (tertiary/aromatic N) is 1. The van der Waals surface area contributed by atoms with Crippen LogP contribution in [-0.2, 0) is 9.53 Å². The molecule has 2 atom stereocenters. The maximum atomic E-state index is 11.9. The van der Waals surface area contributed by atoms with Crippen LogP contribution in [0.5, 0.6) is 0 Å². The minimum absolute atomic E-state index is 0.00385. The molecule has 1 aliphatic rings. The van der Waals surface area contributed by atoms with Crippen molar-refractivity contribution in [1.82, 2.24) is 4.57 Å². The lowest BCUT2D eigenvalue weighted by atomic mass is 10.2. The Morgan fingerprint density at radius 3 is 2.24 bits per heavy atom. The number of carbonyl (C=O) groups is 1. The summed E-state index contributed by atoms with van der Waals surface area (Å²) < 4.78 is 7.48. The number of esters is 1. The van der Waals surface area contributed by atoms with E-state index in [1.165, 1.54) is 21.8 Å². The van der Waals surface area contributed by atoms with Crippen molar-refractivity contribution in [2.45, 2.75) is 19.4 Å². The second kappa shape index (κ2) is 4.62. The van der Waals surface area contributed by atoms with Crippen LogP contribution in [0, 0.1) is 5.92 Å². The minimum atomic E-state index is -0.0654. The van der Waals surface area contributed by atoms with Gasteiger partial charge in [-0.05, 0) is 25.5 Å². The zero-order valence-corrected chi connectivity index (χ0v) is 12.0. The highest BCUT2D eigenvalue weighted by Gasteiger charge is 2.46. The van der Waals surface area contributed by atoms with Crippen LogP contribution < -0.4 is 0 Å². The molecule has 2 aromatic carbocycles. The van der Waals surface area contributed by atoms with Gasteiger partial charge in [-0.2, -0.15) is 0 Å². The molecule has 21 heavy (non-hydrogen) atoms. The molecule has 3 nitrogen and oxygen atoms in total. The number of para-hydroxylation sites is 2. The van der Waals surface area contributed by atoms with Gasteiger partial charge in [0.25, 0.3) is 0 Å². The SMILES string of the molecule is CCOC(=O)[C@H]1C[C@@H]1n1c2ccccc2c2ccccc21. The second-order valence-corrected chi connectivity index (χ2v) is 5.57. The van der Waals surface area contributed by atoms with E-state index in [1.807, 2.05) is 6.92 Å². The molecule has 0 amide bonds. The lowest BCUT2D eigenvalue weighted by Gasteiger charge is -2.07. The van der Waals surface area contributed by atoms with Crippen LogP contribution in [0.15, 0.2) is 48.5 Å². The molecule has 4 rings (SSSR count). The van der Waals surface area contributed by atoms with E-state index in [2.05, 4.69) is 53.1 Å².